The highest BCUT2D eigenvalue weighted by atomic mass is 35.5. The van der Waals surface area contributed by atoms with Crippen molar-refractivity contribution in [2.24, 2.45) is 12.8 Å². The topological polar surface area (TPSA) is 74.0 Å². The van der Waals surface area contributed by atoms with Gasteiger partial charge in [0, 0.05) is 31.5 Å². The molecule has 0 fully saturated rings. The zero-order valence-electron chi connectivity index (χ0n) is 9.71. The second kappa shape index (κ2) is 4.08. The molecule has 0 amide bonds. The molecule has 0 spiro atoms. The summed E-state index contributed by atoms with van der Waals surface area (Å²) in [5, 5.41) is 4.90. The Hall–Kier alpha value is -1.92. The van der Waals surface area contributed by atoms with Crippen LogP contribution in [0.3, 0.4) is 0 Å². The van der Waals surface area contributed by atoms with Crippen LogP contribution < -0.4 is 5.73 Å². The Morgan fingerprint density at radius 3 is 2.89 bits per heavy atom. The summed E-state index contributed by atoms with van der Waals surface area (Å²) in [6.07, 6.45) is 3.47. The van der Waals surface area contributed by atoms with Gasteiger partial charge in [-0.15, -0.1) is 5.10 Å². The van der Waals surface area contributed by atoms with Gasteiger partial charge in [-0.25, -0.2) is 4.98 Å². The highest BCUT2D eigenvalue weighted by Crippen LogP contribution is 2.22. The lowest BCUT2D eigenvalue weighted by atomic mass is 10.3. The Morgan fingerprint density at radius 2 is 2.28 bits per heavy atom. The molecule has 3 heterocycles. The Morgan fingerprint density at radius 1 is 1.44 bits per heavy atom. The molecule has 7 heteroatoms. The van der Waals surface area contributed by atoms with Crippen molar-refractivity contribution < 1.29 is 0 Å². The zero-order chi connectivity index (χ0) is 12.7. The molecule has 0 saturated heterocycles. The van der Waals surface area contributed by atoms with Crippen molar-refractivity contribution in [2.45, 2.75) is 6.54 Å². The van der Waals surface area contributed by atoms with Crippen LogP contribution in [0.2, 0.25) is 5.15 Å². The molecule has 0 aromatic carbocycles. The number of aromatic nitrogens is 5. The first-order valence-electron chi connectivity index (χ1n) is 5.42. The van der Waals surface area contributed by atoms with E-state index in [4.69, 9.17) is 17.3 Å². The highest BCUT2D eigenvalue weighted by molar-refractivity contribution is 6.30. The van der Waals surface area contributed by atoms with Gasteiger partial charge >= 0.3 is 0 Å². The van der Waals surface area contributed by atoms with E-state index in [-0.39, 0.29) is 0 Å². The summed E-state index contributed by atoms with van der Waals surface area (Å²) < 4.78 is 3.45. The largest absolute Gasteiger partial charge is 0.325 e. The van der Waals surface area contributed by atoms with Gasteiger partial charge in [0.2, 0.25) is 5.78 Å². The molecule has 0 bridgehead atoms. The van der Waals surface area contributed by atoms with Gasteiger partial charge in [-0.1, -0.05) is 11.6 Å². The van der Waals surface area contributed by atoms with Crippen LogP contribution in [0.25, 0.3) is 17.2 Å². The van der Waals surface area contributed by atoms with Gasteiger partial charge in [-0.05, 0) is 12.1 Å². The maximum atomic E-state index is 6.16. The van der Waals surface area contributed by atoms with Gasteiger partial charge < -0.3 is 5.73 Å². The number of halogens is 1. The number of nitrogens with two attached hydrogens (primary N) is 1. The lowest BCUT2D eigenvalue weighted by Gasteiger charge is -1.99. The minimum atomic E-state index is 0.296. The first-order valence-corrected chi connectivity index (χ1v) is 5.80. The molecular weight excluding hydrogens is 252 g/mol. The maximum Gasteiger partial charge on any atom is 0.233 e. The maximum absolute atomic E-state index is 6.16. The second-order valence-corrected chi connectivity index (χ2v) is 4.25. The third kappa shape index (κ3) is 1.50. The zero-order valence-corrected chi connectivity index (χ0v) is 10.5. The van der Waals surface area contributed by atoms with E-state index in [1.807, 2.05) is 23.7 Å². The molecule has 92 valence electrons. The summed E-state index contributed by atoms with van der Waals surface area (Å²) >= 11 is 6.16. The van der Waals surface area contributed by atoms with Crippen LogP contribution >= 0.6 is 11.6 Å². The van der Waals surface area contributed by atoms with E-state index in [9.17, 15) is 0 Å². The van der Waals surface area contributed by atoms with Crippen LogP contribution in [-0.4, -0.2) is 24.1 Å². The molecule has 0 radical (unpaired) electrons. The first-order chi connectivity index (χ1) is 8.72. The molecule has 3 aromatic rings. The van der Waals surface area contributed by atoms with E-state index in [2.05, 4.69) is 15.1 Å². The summed E-state index contributed by atoms with van der Waals surface area (Å²) in [5.41, 5.74) is 7.12. The molecule has 0 aliphatic heterocycles. The van der Waals surface area contributed by atoms with Crippen LogP contribution in [0, 0.1) is 0 Å². The van der Waals surface area contributed by atoms with E-state index in [0.29, 0.717) is 23.2 Å². The number of nitrogens with zero attached hydrogens (tertiary/aromatic N) is 5. The van der Waals surface area contributed by atoms with Crippen LogP contribution in [0.5, 0.6) is 0 Å². The van der Waals surface area contributed by atoms with E-state index in [1.54, 1.807) is 16.9 Å². The fraction of sp³-hybridized carbons (Fsp3) is 0.182. The number of pyridine rings is 1. The highest BCUT2D eigenvalue weighted by Gasteiger charge is 2.17. The normalized spacial score (nSPS) is 11.3. The van der Waals surface area contributed by atoms with E-state index >= 15 is 0 Å². The van der Waals surface area contributed by atoms with Crippen molar-refractivity contribution >= 4 is 17.4 Å². The van der Waals surface area contributed by atoms with Crippen LogP contribution in [0.4, 0.5) is 0 Å². The minimum absolute atomic E-state index is 0.296. The summed E-state index contributed by atoms with van der Waals surface area (Å²) in [6.45, 7) is 0.296. The van der Waals surface area contributed by atoms with Crippen LogP contribution in [-0.2, 0) is 13.6 Å². The average molecular weight is 263 g/mol. The Labute approximate surface area is 108 Å². The number of hydrogen-bond acceptors (Lipinski definition) is 4. The van der Waals surface area contributed by atoms with Gasteiger partial charge in [0.1, 0.15) is 0 Å². The average Bonchev–Trinajstić information content (AvgIpc) is 2.89. The van der Waals surface area contributed by atoms with Crippen molar-refractivity contribution in [1.82, 2.24) is 24.1 Å². The molecule has 0 aliphatic rings. The lowest BCUT2D eigenvalue weighted by Crippen LogP contribution is -1.99. The molecule has 0 saturated carbocycles. The van der Waals surface area contributed by atoms with Crippen molar-refractivity contribution in [3.05, 3.63) is 35.4 Å². The van der Waals surface area contributed by atoms with E-state index in [0.717, 1.165) is 11.4 Å². The van der Waals surface area contributed by atoms with Crippen molar-refractivity contribution in [2.75, 3.05) is 0 Å². The van der Waals surface area contributed by atoms with Gasteiger partial charge in [-0.3, -0.25) is 9.55 Å². The third-order valence-electron chi connectivity index (χ3n) is 2.77. The number of fused-ring (bicyclic) bond motifs is 1. The van der Waals surface area contributed by atoms with Gasteiger partial charge in [0.25, 0.3) is 0 Å². The molecule has 0 atom stereocenters. The smallest absolute Gasteiger partial charge is 0.233 e. The van der Waals surface area contributed by atoms with Gasteiger partial charge in [0.05, 0.1) is 5.69 Å². The van der Waals surface area contributed by atoms with Crippen molar-refractivity contribution in [1.29, 1.82) is 0 Å². The van der Waals surface area contributed by atoms with E-state index in [1.165, 1.54) is 0 Å². The number of rotatable bonds is 2. The summed E-state index contributed by atoms with van der Waals surface area (Å²) in [5.74, 6) is 1.43. The fourth-order valence-corrected chi connectivity index (χ4v) is 2.10. The monoisotopic (exact) mass is 262 g/mol. The lowest BCUT2D eigenvalue weighted by molar-refractivity contribution is 0.923. The number of hydrogen-bond donors (Lipinski definition) is 1. The Balaban J connectivity index is 2.25. The van der Waals surface area contributed by atoms with Crippen molar-refractivity contribution in [3.8, 4) is 11.4 Å². The molecular formula is C11H11ClN6. The SMILES string of the molecule is Cn1c(-c2cccnc2)nn2c(Cl)c(CN)nc12. The fourth-order valence-electron chi connectivity index (χ4n) is 1.86. The summed E-state index contributed by atoms with van der Waals surface area (Å²) in [4.78, 5) is 8.44. The molecule has 3 rings (SSSR count). The quantitative estimate of drug-likeness (QED) is 0.754. The molecule has 3 aromatic heterocycles. The number of imidazole rings is 1. The van der Waals surface area contributed by atoms with Gasteiger partial charge in [0.15, 0.2) is 11.0 Å². The van der Waals surface area contributed by atoms with Crippen LogP contribution in [0.1, 0.15) is 5.69 Å². The number of aryl methyl sites for hydroxylation is 1. The van der Waals surface area contributed by atoms with Gasteiger partial charge in [-0.2, -0.15) is 4.52 Å². The van der Waals surface area contributed by atoms with Crippen molar-refractivity contribution in [3.63, 3.8) is 0 Å². The molecule has 0 unspecified atom stereocenters. The molecule has 2 N–H and O–H groups in total. The van der Waals surface area contributed by atoms with Crippen LogP contribution in [0.15, 0.2) is 24.5 Å². The Kier molecular flexibility index (Phi) is 2.53. The predicted octanol–water partition coefficient (Wildman–Crippen LogP) is 1.24. The standard InChI is InChI=1S/C11H11ClN6/c1-17-10(7-3-2-4-14-6-7)16-18-9(12)8(5-13)15-11(17)18/h2-4,6H,5,13H2,1H3. The Bertz CT molecular complexity index is 699. The van der Waals surface area contributed by atoms with E-state index < -0.39 is 0 Å². The first kappa shape index (κ1) is 11.2. The summed E-state index contributed by atoms with van der Waals surface area (Å²) in [7, 11) is 1.88. The minimum Gasteiger partial charge on any atom is -0.325 e. The molecule has 0 aliphatic carbocycles. The molecule has 18 heavy (non-hydrogen) atoms. The molecule has 6 nitrogen and oxygen atoms in total. The summed E-state index contributed by atoms with van der Waals surface area (Å²) in [6, 6.07) is 3.80. The third-order valence-corrected chi connectivity index (χ3v) is 3.15. The second-order valence-electron chi connectivity index (χ2n) is 3.89. The predicted molar refractivity (Wildman–Crippen MR) is 68.1 cm³/mol.